The van der Waals surface area contributed by atoms with Gasteiger partial charge in [-0.2, -0.15) is 0 Å². The van der Waals surface area contributed by atoms with Crippen molar-refractivity contribution >= 4 is 23.2 Å². The van der Waals surface area contributed by atoms with Gasteiger partial charge in [-0.15, -0.1) is 11.3 Å². The maximum atomic E-state index is 12.1. The molecule has 5 nitrogen and oxygen atoms in total. The van der Waals surface area contributed by atoms with E-state index in [-0.39, 0.29) is 18.2 Å². The molecule has 1 aromatic rings. The second-order valence-electron chi connectivity index (χ2n) is 5.81. The third-order valence-electron chi connectivity index (χ3n) is 2.42. The van der Waals surface area contributed by atoms with Crippen molar-refractivity contribution in [3.05, 3.63) is 15.6 Å². The normalized spacial score (nSPS) is 12.9. The maximum absolute atomic E-state index is 12.1. The van der Waals surface area contributed by atoms with E-state index in [9.17, 15) is 9.59 Å². The molecule has 0 bridgehead atoms. The van der Waals surface area contributed by atoms with Crippen molar-refractivity contribution in [2.75, 3.05) is 0 Å². The van der Waals surface area contributed by atoms with Crippen LogP contribution >= 0.6 is 11.3 Å². The first-order chi connectivity index (χ1) is 9.08. The molecule has 0 fully saturated rings. The van der Waals surface area contributed by atoms with Crippen LogP contribution in [0.15, 0.2) is 0 Å². The lowest BCUT2D eigenvalue weighted by atomic mass is 10.1. The van der Waals surface area contributed by atoms with E-state index < -0.39 is 11.7 Å². The largest absolute Gasteiger partial charge is 0.444 e. The standard InChI is InChI=1S/C14H22N2O3S/c1-8(15-13(18)19-14(4,5)6)7-11(17)12-9(2)20-10(3)16-12/h8H,7H2,1-6H3,(H,15,18). The minimum absolute atomic E-state index is 0.0598. The van der Waals surface area contributed by atoms with E-state index in [1.54, 1.807) is 27.7 Å². The first-order valence-corrected chi connectivity index (χ1v) is 7.37. The molecule has 1 rings (SSSR count). The average Bonchev–Trinajstić information content (AvgIpc) is 2.54. The lowest BCUT2D eigenvalue weighted by Crippen LogP contribution is -2.38. The van der Waals surface area contributed by atoms with Crippen molar-refractivity contribution in [3.8, 4) is 0 Å². The third-order valence-corrected chi connectivity index (χ3v) is 3.31. The Kier molecular flexibility index (Phi) is 5.28. The zero-order valence-electron chi connectivity index (χ0n) is 12.9. The van der Waals surface area contributed by atoms with Crippen LogP contribution in [0, 0.1) is 13.8 Å². The van der Waals surface area contributed by atoms with Crippen LogP contribution in [0.1, 0.15) is 54.5 Å². The van der Waals surface area contributed by atoms with Crippen LogP contribution < -0.4 is 5.32 Å². The Morgan fingerprint density at radius 1 is 1.35 bits per heavy atom. The molecule has 20 heavy (non-hydrogen) atoms. The summed E-state index contributed by atoms with van der Waals surface area (Å²) in [6.07, 6.45) is -0.299. The number of ether oxygens (including phenoxy) is 1. The first-order valence-electron chi connectivity index (χ1n) is 6.55. The molecule has 0 aliphatic heterocycles. The van der Waals surface area contributed by atoms with Crippen molar-refractivity contribution in [1.82, 2.24) is 10.3 Å². The van der Waals surface area contributed by atoms with E-state index in [1.165, 1.54) is 11.3 Å². The maximum Gasteiger partial charge on any atom is 0.407 e. The molecule has 112 valence electrons. The average molecular weight is 298 g/mol. The Morgan fingerprint density at radius 2 is 1.95 bits per heavy atom. The van der Waals surface area contributed by atoms with Crippen LogP contribution in [0.4, 0.5) is 4.79 Å². The van der Waals surface area contributed by atoms with Crippen LogP contribution in [0.2, 0.25) is 0 Å². The smallest absolute Gasteiger partial charge is 0.407 e. The van der Waals surface area contributed by atoms with Gasteiger partial charge in [0, 0.05) is 17.3 Å². The number of Topliss-reactive ketones (excluding diaryl/α,β-unsaturated/α-hetero) is 1. The lowest BCUT2D eigenvalue weighted by Gasteiger charge is -2.21. The van der Waals surface area contributed by atoms with Gasteiger partial charge in [-0.05, 0) is 41.5 Å². The summed E-state index contributed by atoms with van der Waals surface area (Å²) in [4.78, 5) is 28.8. The van der Waals surface area contributed by atoms with Gasteiger partial charge in [0.1, 0.15) is 11.3 Å². The molecule has 0 radical (unpaired) electrons. The highest BCUT2D eigenvalue weighted by Crippen LogP contribution is 2.18. The van der Waals surface area contributed by atoms with Crippen LogP contribution in [-0.4, -0.2) is 28.5 Å². The predicted molar refractivity (Wildman–Crippen MR) is 79.4 cm³/mol. The summed E-state index contributed by atoms with van der Waals surface area (Å²) >= 11 is 1.50. The van der Waals surface area contributed by atoms with Gasteiger partial charge in [0.05, 0.1) is 5.01 Å². The minimum atomic E-state index is -0.545. The molecule has 0 aliphatic carbocycles. The number of amides is 1. The van der Waals surface area contributed by atoms with Crippen LogP contribution in [0.5, 0.6) is 0 Å². The summed E-state index contributed by atoms with van der Waals surface area (Å²) < 4.78 is 5.15. The summed E-state index contributed by atoms with van der Waals surface area (Å²) in [6.45, 7) is 10.9. The summed E-state index contributed by atoms with van der Waals surface area (Å²) in [5.74, 6) is -0.0598. The zero-order chi connectivity index (χ0) is 15.5. The Bertz CT molecular complexity index is 503. The number of alkyl carbamates (subject to hydrolysis) is 1. The SMILES string of the molecule is Cc1nc(C(=O)CC(C)NC(=O)OC(C)(C)C)c(C)s1. The van der Waals surface area contributed by atoms with Gasteiger partial charge in [0.25, 0.3) is 0 Å². The van der Waals surface area contributed by atoms with Gasteiger partial charge in [-0.3, -0.25) is 4.79 Å². The summed E-state index contributed by atoms with van der Waals surface area (Å²) in [5, 5.41) is 3.53. The van der Waals surface area contributed by atoms with Crippen LogP contribution in [-0.2, 0) is 4.74 Å². The number of rotatable bonds is 4. The van der Waals surface area contributed by atoms with Crippen molar-refractivity contribution in [2.24, 2.45) is 0 Å². The van der Waals surface area contributed by atoms with Gasteiger partial charge in [-0.1, -0.05) is 0 Å². The molecule has 1 heterocycles. The van der Waals surface area contributed by atoms with Gasteiger partial charge < -0.3 is 10.1 Å². The second kappa shape index (κ2) is 6.35. The molecule has 0 saturated heterocycles. The lowest BCUT2D eigenvalue weighted by molar-refractivity contribution is 0.0506. The molecular formula is C14H22N2O3S. The number of aromatic nitrogens is 1. The molecule has 1 unspecified atom stereocenters. The predicted octanol–water partition coefficient (Wildman–Crippen LogP) is 3.25. The highest BCUT2D eigenvalue weighted by atomic mass is 32.1. The van der Waals surface area contributed by atoms with Gasteiger partial charge >= 0.3 is 6.09 Å². The van der Waals surface area contributed by atoms with E-state index in [1.807, 2.05) is 13.8 Å². The van der Waals surface area contributed by atoms with Crippen molar-refractivity contribution < 1.29 is 14.3 Å². The summed E-state index contributed by atoms with van der Waals surface area (Å²) in [6, 6.07) is -0.293. The Labute approximate surface area is 123 Å². The monoisotopic (exact) mass is 298 g/mol. The quantitative estimate of drug-likeness (QED) is 0.866. The van der Waals surface area contributed by atoms with Crippen molar-refractivity contribution in [2.45, 2.75) is 59.6 Å². The summed E-state index contributed by atoms with van der Waals surface area (Å²) in [7, 11) is 0. The zero-order valence-corrected chi connectivity index (χ0v) is 13.7. The third kappa shape index (κ3) is 5.28. The van der Waals surface area contributed by atoms with Crippen LogP contribution in [0.25, 0.3) is 0 Å². The minimum Gasteiger partial charge on any atom is -0.444 e. The van der Waals surface area contributed by atoms with Crippen molar-refractivity contribution in [1.29, 1.82) is 0 Å². The number of nitrogens with one attached hydrogen (secondary N) is 1. The van der Waals surface area contributed by atoms with E-state index in [0.29, 0.717) is 5.69 Å². The first kappa shape index (κ1) is 16.6. The van der Waals surface area contributed by atoms with Gasteiger partial charge in [-0.25, -0.2) is 9.78 Å². The number of hydrogen-bond donors (Lipinski definition) is 1. The van der Waals surface area contributed by atoms with E-state index in [0.717, 1.165) is 9.88 Å². The molecule has 0 aliphatic rings. The molecule has 0 aromatic carbocycles. The fraction of sp³-hybridized carbons (Fsp3) is 0.643. The summed E-state index contributed by atoms with van der Waals surface area (Å²) in [5.41, 5.74) is -0.0403. The van der Waals surface area contributed by atoms with Gasteiger partial charge in [0.15, 0.2) is 5.78 Å². The Hall–Kier alpha value is -1.43. The van der Waals surface area contributed by atoms with E-state index in [2.05, 4.69) is 10.3 Å². The van der Waals surface area contributed by atoms with E-state index >= 15 is 0 Å². The number of nitrogens with zero attached hydrogens (tertiary/aromatic N) is 1. The Balaban J connectivity index is 2.54. The topological polar surface area (TPSA) is 68.3 Å². The van der Waals surface area contributed by atoms with Crippen molar-refractivity contribution in [3.63, 3.8) is 0 Å². The van der Waals surface area contributed by atoms with E-state index in [4.69, 9.17) is 4.74 Å². The molecule has 0 saturated carbocycles. The molecule has 6 heteroatoms. The number of carbonyl (C=O) groups is 2. The highest BCUT2D eigenvalue weighted by molar-refractivity contribution is 7.11. The number of aryl methyl sites for hydroxylation is 2. The van der Waals surface area contributed by atoms with Crippen LogP contribution in [0.3, 0.4) is 0 Å². The fourth-order valence-corrected chi connectivity index (χ4v) is 2.56. The molecule has 1 atom stereocenters. The number of ketones is 1. The Morgan fingerprint density at radius 3 is 2.40 bits per heavy atom. The highest BCUT2D eigenvalue weighted by Gasteiger charge is 2.21. The molecular weight excluding hydrogens is 276 g/mol. The fourth-order valence-electron chi connectivity index (χ4n) is 1.72. The van der Waals surface area contributed by atoms with Gasteiger partial charge in [0.2, 0.25) is 0 Å². The molecule has 0 spiro atoms. The number of thiazole rings is 1. The molecule has 1 amide bonds. The molecule has 1 aromatic heterocycles. The second-order valence-corrected chi connectivity index (χ2v) is 7.22. The number of carbonyl (C=O) groups excluding carboxylic acids is 2. The molecule has 1 N–H and O–H groups in total. The number of hydrogen-bond acceptors (Lipinski definition) is 5.